The first-order chi connectivity index (χ1) is 15.0. The lowest BCUT2D eigenvalue weighted by Crippen LogP contribution is -2.37. The van der Waals surface area contributed by atoms with Gasteiger partial charge in [0, 0.05) is 11.6 Å². The molecule has 1 unspecified atom stereocenters. The molecule has 2 aliphatic rings. The molecule has 162 valence electrons. The van der Waals surface area contributed by atoms with Gasteiger partial charge in [0.1, 0.15) is 17.3 Å². The van der Waals surface area contributed by atoms with Crippen LogP contribution in [0.15, 0.2) is 54.1 Å². The number of ketones is 1. The van der Waals surface area contributed by atoms with Gasteiger partial charge in [0.15, 0.2) is 0 Å². The van der Waals surface area contributed by atoms with E-state index in [1.807, 2.05) is 19.1 Å². The maximum Gasteiger partial charge on any atom is 0.295 e. The SMILES string of the molecule is CCOc1ccc(/C(O)=C2/C(=O)C(=O)N(C3CCCC3)C2c2ccc(OC)cc2)cc1. The molecule has 2 aromatic rings. The number of Topliss-reactive ketones (excluding diaryl/α,β-unsaturated/α-hetero) is 1. The van der Waals surface area contributed by atoms with E-state index < -0.39 is 17.7 Å². The summed E-state index contributed by atoms with van der Waals surface area (Å²) in [6, 6.07) is 13.6. The zero-order valence-corrected chi connectivity index (χ0v) is 17.8. The standard InChI is InChI=1S/C25H27NO5/c1-3-31-20-14-10-17(11-15-20)23(27)21-22(16-8-12-19(30-2)13-9-16)26(25(29)24(21)28)18-6-4-5-7-18/h8-15,18,22,27H,3-7H2,1-2H3/b23-21-. The summed E-state index contributed by atoms with van der Waals surface area (Å²) in [7, 11) is 1.59. The lowest BCUT2D eigenvalue weighted by atomic mass is 9.94. The van der Waals surface area contributed by atoms with Gasteiger partial charge in [0.05, 0.1) is 25.3 Å². The number of likely N-dealkylation sites (tertiary alicyclic amines) is 1. The van der Waals surface area contributed by atoms with Gasteiger partial charge in [0.2, 0.25) is 0 Å². The third-order valence-corrected chi connectivity index (χ3v) is 6.07. The summed E-state index contributed by atoms with van der Waals surface area (Å²) < 4.78 is 10.7. The van der Waals surface area contributed by atoms with E-state index in [1.54, 1.807) is 48.4 Å². The third-order valence-electron chi connectivity index (χ3n) is 6.07. The van der Waals surface area contributed by atoms with E-state index in [2.05, 4.69) is 0 Å². The van der Waals surface area contributed by atoms with Gasteiger partial charge in [-0.1, -0.05) is 25.0 Å². The Bertz CT molecular complexity index is 988. The Morgan fingerprint density at radius 3 is 2.19 bits per heavy atom. The molecule has 0 aromatic heterocycles. The smallest absolute Gasteiger partial charge is 0.295 e. The fourth-order valence-electron chi connectivity index (χ4n) is 4.55. The number of hydrogen-bond acceptors (Lipinski definition) is 5. The predicted octanol–water partition coefficient (Wildman–Crippen LogP) is 4.46. The van der Waals surface area contributed by atoms with Crippen LogP contribution in [0.2, 0.25) is 0 Å². The van der Waals surface area contributed by atoms with Gasteiger partial charge >= 0.3 is 0 Å². The largest absolute Gasteiger partial charge is 0.507 e. The number of amides is 1. The van der Waals surface area contributed by atoms with Crippen LogP contribution >= 0.6 is 0 Å². The van der Waals surface area contributed by atoms with Crippen molar-refractivity contribution in [3.05, 3.63) is 65.2 Å². The highest BCUT2D eigenvalue weighted by atomic mass is 16.5. The predicted molar refractivity (Wildman–Crippen MR) is 117 cm³/mol. The summed E-state index contributed by atoms with van der Waals surface area (Å²) in [5.41, 5.74) is 1.39. The number of ether oxygens (including phenoxy) is 2. The number of hydrogen-bond donors (Lipinski definition) is 1. The number of methoxy groups -OCH3 is 1. The molecule has 1 amide bonds. The molecule has 0 spiro atoms. The number of aliphatic hydroxyl groups is 1. The zero-order valence-electron chi connectivity index (χ0n) is 17.8. The first-order valence-corrected chi connectivity index (χ1v) is 10.7. The molecule has 1 N–H and O–H groups in total. The minimum absolute atomic E-state index is 0.00539. The molecule has 31 heavy (non-hydrogen) atoms. The van der Waals surface area contributed by atoms with E-state index in [0.717, 1.165) is 31.2 Å². The third kappa shape index (κ3) is 3.90. The lowest BCUT2D eigenvalue weighted by molar-refractivity contribution is -0.141. The van der Waals surface area contributed by atoms with Crippen LogP contribution in [-0.4, -0.2) is 41.5 Å². The van der Waals surface area contributed by atoms with Crippen molar-refractivity contribution in [1.29, 1.82) is 0 Å². The van der Waals surface area contributed by atoms with Crippen molar-refractivity contribution < 1.29 is 24.2 Å². The molecule has 6 heteroatoms. The Labute approximate surface area is 182 Å². The molecule has 6 nitrogen and oxygen atoms in total. The fraction of sp³-hybridized carbons (Fsp3) is 0.360. The number of nitrogens with zero attached hydrogens (tertiary/aromatic N) is 1. The number of carbonyl (C=O) groups is 2. The first-order valence-electron chi connectivity index (χ1n) is 10.7. The molecule has 1 saturated carbocycles. The van der Waals surface area contributed by atoms with Gasteiger partial charge in [-0.05, 0) is 61.7 Å². The minimum Gasteiger partial charge on any atom is -0.507 e. The van der Waals surface area contributed by atoms with Gasteiger partial charge in [0.25, 0.3) is 11.7 Å². The molecule has 4 rings (SSSR count). The van der Waals surface area contributed by atoms with Crippen LogP contribution in [0.4, 0.5) is 0 Å². The van der Waals surface area contributed by atoms with E-state index >= 15 is 0 Å². The van der Waals surface area contributed by atoms with E-state index in [-0.39, 0.29) is 17.4 Å². The molecule has 1 saturated heterocycles. The van der Waals surface area contributed by atoms with Crippen molar-refractivity contribution in [2.45, 2.75) is 44.7 Å². The highest BCUT2D eigenvalue weighted by molar-refractivity contribution is 6.46. The number of benzene rings is 2. The Morgan fingerprint density at radius 1 is 1.00 bits per heavy atom. The topological polar surface area (TPSA) is 76.1 Å². The van der Waals surface area contributed by atoms with Crippen molar-refractivity contribution in [3.8, 4) is 11.5 Å². The number of aliphatic hydroxyl groups excluding tert-OH is 1. The molecular weight excluding hydrogens is 394 g/mol. The molecule has 1 aliphatic heterocycles. The molecule has 2 aromatic carbocycles. The van der Waals surface area contributed by atoms with Gasteiger partial charge in [-0.25, -0.2) is 0 Å². The Kier molecular flexibility index (Phi) is 5.98. The number of carbonyl (C=O) groups excluding carboxylic acids is 2. The van der Waals surface area contributed by atoms with Crippen molar-refractivity contribution in [2.24, 2.45) is 0 Å². The second-order valence-corrected chi connectivity index (χ2v) is 7.88. The van der Waals surface area contributed by atoms with Crippen molar-refractivity contribution in [1.82, 2.24) is 4.90 Å². The van der Waals surface area contributed by atoms with Crippen LogP contribution in [0.1, 0.15) is 49.8 Å². The van der Waals surface area contributed by atoms with Gasteiger partial charge < -0.3 is 19.5 Å². The van der Waals surface area contributed by atoms with Crippen LogP contribution in [0.25, 0.3) is 5.76 Å². The lowest BCUT2D eigenvalue weighted by Gasteiger charge is -2.30. The maximum absolute atomic E-state index is 13.1. The molecule has 0 radical (unpaired) electrons. The molecule has 1 atom stereocenters. The number of rotatable bonds is 6. The van der Waals surface area contributed by atoms with Crippen LogP contribution in [0.5, 0.6) is 11.5 Å². The minimum atomic E-state index is -0.640. The van der Waals surface area contributed by atoms with E-state index in [1.165, 1.54) is 0 Å². The fourth-order valence-corrected chi connectivity index (χ4v) is 4.55. The molecule has 2 fully saturated rings. The molecule has 1 aliphatic carbocycles. The summed E-state index contributed by atoms with van der Waals surface area (Å²) in [6.45, 7) is 2.43. The monoisotopic (exact) mass is 421 g/mol. The second kappa shape index (κ2) is 8.84. The van der Waals surface area contributed by atoms with Gasteiger partial charge in [-0.15, -0.1) is 0 Å². The Hall–Kier alpha value is -3.28. The summed E-state index contributed by atoms with van der Waals surface area (Å²) in [5.74, 6) is 0.0206. The quantitative estimate of drug-likeness (QED) is 0.423. The van der Waals surface area contributed by atoms with E-state index in [4.69, 9.17) is 9.47 Å². The summed E-state index contributed by atoms with van der Waals surface area (Å²) in [6.07, 6.45) is 3.79. The zero-order chi connectivity index (χ0) is 22.0. The Balaban J connectivity index is 1.81. The summed E-state index contributed by atoms with van der Waals surface area (Å²) in [4.78, 5) is 27.9. The maximum atomic E-state index is 13.1. The van der Waals surface area contributed by atoms with Gasteiger partial charge in [-0.2, -0.15) is 0 Å². The van der Waals surface area contributed by atoms with Crippen molar-refractivity contribution >= 4 is 17.4 Å². The molecule has 0 bridgehead atoms. The average molecular weight is 421 g/mol. The molecule has 1 heterocycles. The van der Waals surface area contributed by atoms with E-state index in [0.29, 0.717) is 23.7 Å². The average Bonchev–Trinajstić information content (AvgIpc) is 3.41. The van der Waals surface area contributed by atoms with Crippen LogP contribution < -0.4 is 9.47 Å². The highest BCUT2D eigenvalue weighted by Gasteiger charge is 2.49. The van der Waals surface area contributed by atoms with Gasteiger partial charge in [-0.3, -0.25) is 9.59 Å². The van der Waals surface area contributed by atoms with Crippen molar-refractivity contribution in [2.75, 3.05) is 13.7 Å². The Morgan fingerprint density at radius 2 is 1.61 bits per heavy atom. The first kappa shape index (κ1) is 21.0. The normalized spacial score (nSPS) is 21.0. The van der Waals surface area contributed by atoms with Crippen LogP contribution in [0, 0.1) is 0 Å². The van der Waals surface area contributed by atoms with Crippen LogP contribution in [0.3, 0.4) is 0 Å². The highest BCUT2D eigenvalue weighted by Crippen LogP contribution is 2.43. The molecular formula is C25H27NO5. The summed E-state index contributed by atoms with van der Waals surface area (Å²) in [5, 5.41) is 11.1. The van der Waals surface area contributed by atoms with Crippen molar-refractivity contribution in [3.63, 3.8) is 0 Å². The van der Waals surface area contributed by atoms with E-state index in [9.17, 15) is 14.7 Å². The summed E-state index contributed by atoms with van der Waals surface area (Å²) >= 11 is 0. The second-order valence-electron chi connectivity index (χ2n) is 7.88. The van der Waals surface area contributed by atoms with Crippen LogP contribution in [-0.2, 0) is 9.59 Å².